The lowest BCUT2D eigenvalue weighted by atomic mass is 10.1. The summed E-state index contributed by atoms with van der Waals surface area (Å²) in [6, 6.07) is 13.3. The Bertz CT molecular complexity index is 660. The minimum Gasteiger partial charge on any atom is -0.483 e. The second kappa shape index (κ2) is 9.76. The number of carbonyl (C=O) groups excluding carboxylic acids is 1. The van der Waals surface area contributed by atoms with Gasteiger partial charge in [0.15, 0.2) is 6.61 Å². The maximum atomic E-state index is 11.0. The molecule has 0 saturated heterocycles. The van der Waals surface area contributed by atoms with Crippen LogP contribution in [0.2, 0.25) is 0 Å². The van der Waals surface area contributed by atoms with Crippen molar-refractivity contribution in [3.63, 3.8) is 0 Å². The van der Waals surface area contributed by atoms with Gasteiger partial charge in [-0.1, -0.05) is 31.2 Å². The Morgan fingerprint density at radius 3 is 2.64 bits per heavy atom. The number of para-hydroxylation sites is 1. The summed E-state index contributed by atoms with van der Waals surface area (Å²) in [5.74, 6) is 0.113. The summed E-state index contributed by atoms with van der Waals surface area (Å²) >= 11 is 0. The van der Waals surface area contributed by atoms with Crippen LogP contribution < -0.4 is 10.5 Å². The van der Waals surface area contributed by atoms with Crippen molar-refractivity contribution in [3.8, 4) is 5.75 Å². The number of primary amides is 1. The average Bonchev–Trinajstić information content (AvgIpc) is 2.62. The van der Waals surface area contributed by atoms with Crippen LogP contribution in [0.1, 0.15) is 24.6 Å². The third-order valence-electron chi connectivity index (χ3n) is 4.01. The summed E-state index contributed by atoms with van der Waals surface area (Å²) < 4.78 is 5.52. The van der Waals surface area contributed by atoms with E-state index in [0.29, 0.717) is 18.8 Å². The molecule has 0 bridgehead atoms. The van der Waals surface area contributed by atoms with Crippen LogP contribution in [0.5, 0.6) is 5.75 Å². The summed E-state index contributed by atoms with van der Waals surface area (Å²) in [5.41, 5.74) is 7.04. The Morgan fingerprint density at radius 1 is 1.24 bits per heavy atom. The van der Waals surface area contributed by atoms with Crippen LogP contribution >= 0.6 is 0 Å². The fourth-order valence-corrected chi connectivity index (χ4v) is 2.66. The number of carbonyl (C=O) groups is 1. The molecule has 0 aliphatic rings. The van der Waals surface area contributed by atoms with Crippen molar-refractivity contribution in [2.24, 2.45) is 5.73 Å². The van der Waals surface area contributed by atoms with Gasteiger partial charge >= 0.3 is 0 Å². The molecule has 0 saturated carbocycles. The van der Waals surface area contributed by atoms with Crippen molar-refractivity contribution < 1.29 is 14.6 Å². The second-order valence-electron chi connectivity index (χ2n) is 5.83. The quantitative estimate of drug-likeness (QED) is 0.686. The van der Waals surface area contributed by atoms with Crippen molar-refractivity contribution in [3.05, 3.63) is 59.9 Å². The highest BCUT2D eigenvalue weighted by Crippen LogP contribution is 2.22. The topological polar surface area (TPSA) is 88.7 Å². The fraction of sp³-hybridized carbons (Fsp3) is 0.368. The molecule has 2 aromatic rings. The molecule has 134 valence electrons. The lowest BCUT2D eigenvalue weighted by molar-refractivity contribution is -0.119. The van der Waals surface area contributed by atoms with Crippen LogP contribution in [-0.2, 0) is 17.9 Å². The molecule has 1 aromatic heterocycles. The smallest absolute Gasteiger partial charge is 0.255 e. The molecule has 0 aliphatic heterocycles. The first-order valence-electron chi connectivity index (χ1n) is 8.37. The van der Waals surface area contributed by atoms with Gasteiger partial charge in [0, 0.05) is 30.9 Å². The first kappa shape index (κ1) is 18.9. The number of pyridine rings is 1. The molecule has 6 nitrogen and oxygen atoms in total. The van der Waals surface area contributed by atoms with Crippen LogP contribution in [0.15, 0.2) is 48.7 Å². The van der Waals surface area contributed by atoms with Gasteiger partial charge in [0.2, 0.25) is 0 Å². The lowest BCUT2D eigenvalue weighted by Gasteiger charge is -2.30. The van der Waals surface area contributed by atoms with E-state index in [9.17, 15) is 9.90 Å². The van der Waals surface area contributed by atoms with Crippen molar-refractivity contribution in [2.45, 2.75) is 32.5 Å². The van der Waals surface area contributed by atoms with E-state index in [1.165, 1.54) is 0 Å². The molecular weight excluding hydrogens is 318 g/mol. The number of benzene rings is 1. The van der Waals surface area contributed by atoms with Crippen LogP contribution in [-0.4, -0.2) is 40.2 Å². The Hall–Kier alpha value is -2.44. The molecule has 1 unspecified atom stereocenters. The van der Waals surface area contributed by atoms with Crippen molar-refractivity contribution >= 4 is 5.91 Å². The van der Waals surface area contributed by atoms with Gasteiger partial charge in [-0.2, -0.15) is 0 Å². The molecule has 0 aliphatic carbocycles. The number of aliphatic hydroxyl groups is 1. The van der Waals surface area contributed by atoms with Crippen LogP contribution in [0.4, 0.5) is 0 Å². The number of aliphatic hydroxyl groups excluding tert-OH is 1. The predicted molar refractivity (Wildman–Crippen MR) is 95.8 cm³/mol. The van der Waals surface area contributed by atoms with E-state index in [1.807, 2.05) is 49.4 Å². The molecule has 1 aromatic carbocycles. The zero-order valence-electron chi connectivity index (χ0n) is 14.5. The zero-order chi connectivity index (χ0) is 18.1. The van der Waals surface area contributed by atoms with Gasteiger partial charge in [-0.05, 0) is 24.6 Å². The Kier molecular flexibility index (Phi) is 7.37. The van der Waals surface area contributed by atoms with Gasteiger partial charge in [-0.25, -0.2) is 0 Å². The zero-order valence-corrected chi connectivity index (χ0v) is 14.5. The highest BCUT2D eigenvalue weighted by molar-refractivity contribution is 5.75. The molecule has 0 spiro atoms. The minimum atomic E-state index is -0.512. The van der Waals surface area contributed by atoms with E-state index in [0.717, 1.165) is 17.7 Å². The van der Waals surface area contributed by atoms with Crippen LogP contribution in [0.3, 0.4) is 0 Å². The molecule has 6 heteroatoms. The molecule has 25 heavy (non-hydrogen) atoms. The van der Waals surface area contributed by atoms with Gasteiger partial charge in [0.1, 0.15) is 5.75 Å². The number of hydrogen-bond donors (Lipinski definition) is 2. The minimum absolute atomic E-state index is 0.00574. The molecule has 0 radical (unpaired) electrons. The Morgan fingerprint density at radius 2 is 2.00 bits per heavy atom. The summed E-state index contributed by atoms with van der Waals surface area (Å²) in [6.07, 6.45) is 2.57. The van der Waals surface area contributed by atoms with Gasteiger partial charge in [0.25, 0.3) is 5.91 Å². The number of ether oxygens (including phenoxy) is 1. The molecule has 1 atom stereocenters. The van der Waals surface area contributed by atoms with Gasteiger partial charge in [-0.15, -0.1) is 0 Å². The monoisotopic (exact) mass is 343 g/mol. The highest BCUT2D eigenvalue weighted by atomic mass is 16.5. The summed E-state index contributed by atoms with van der Waals surface area (Å²) in [4.78, 5) is 17.5. The standard InChI is InChI=1S/C19H25N3O3/c1-2-17(13-23)22(12-16-8-5-6-10-21-16)11-15-7-3-4-9-18(15)25-14-19(20)24/h3-10,17,23H,2,11-14H2,1H3,(H2,20,24). The van der Waals surface area contributed by atoms with Crippen LogP contribution in [0.25, 0.3) is 0 Å². The van der Waals surface area contributed by atoms with E-state index in [1.54, 1.807) is 6.20 Å². The number of amides is 1. The Balaban J connectivity index is 2.19. The van der Waals surface area contributed by atoms with Gasteiger partial charge < -0.3 is 15.6 Å². The third-order valence-corrected chi connectivity index (χ3v) is 4.01. The van der Waals surface area contributed by atoms with Gasteiger partial charge in [0.05, 0.1) is 12.3 Å². The normalized spacial score (nSPS) is 12.1. The predicted octanol–water partition coefficient (Wildman–Crippen LogP) is 1.72. The van der Waals surface area contributed by atoms with Gasteiger partial charge in [-0.3, -0.25) is 14.7 Å². The number of aromatic nitrogens is 1. The fourth-order valence-electron chi connectivity index (χ4n) is 2.66. The number of rotatable bonds is 10. The first-order valence-corrected chi connectivity index (χ1v) is 8.37. The summed E-state index contributed by atoms with van der Waals surface area (Å²) in [5, 5.41) is 9.74. The van der Waals surface area contributed by atoms with Crippen molar-refractivity contribution in [1.29, 1.82) is 0 Å². The van der Waals surface area contributed by atoms with E-state index < -0.39 is 5.91 Å². The lowest BCUT2D eigenvalue weighted by Crippen LogP contribution is -2.37. The maximum Gasteiger partial charge on any atom is 0.255 e. The van der Waals surface area contributed by atoms with Crippen molar-refractivity contribution in [1.82, 2.24) is 9.88 Å². The highest BCUT2D eigenvalue weighted by Gasteiger charge is 2.19. The van der Waals surface area contributed by atoms with E-state index in [2.05, 4.69) is 9.88 Å². The number of nitrogens with two attached hydrogens (primary N) is 1. The Labute approximate surface area is 148 Å². The molecule has 3 N–H and O–H groups in total. The maximum absolute atomic E-state index is 11.0. The molecule has 1 heterocycles. The van der Waals surface area contributed by atoms with E-state index in [-0.39, 0.29) is 19.3 Å². The van der Waals surface area contributed by atoms with E-state index in [4.69, 9.17) is 10.5 Å². The van der Waals surface area contributed by atoms with E-state index >= 15 is 0 Å². The third kappa shape index (κ3) is 5.85. The molecular formula is C19H25N3O3. The molecule has 2 rings (SSSR count). The summed E-state index contributed by atoms with van der Waals surface area (Å²) in [6.45, 7) is 3.14. The van der Waals surface area contributed by atoms with Crippen LogP contribution in [0, 0.1) is 0 Å². The molecule has 0 fully saturated rings. The largest absolute Gasteiger partial charge is 0.483 e. The second-order valence-corrected chi connectivity index (χ2v) is 5.83. The average molecular weight is 343 g/mol. The first-order chi connectivity index (χ1) is 12.1. The summed E-state index contributed by atoms with van der Waals surface area (Å²) in [7, 11) is 0. The SMILES string of the molecule is CCC(CO)N(Cc1ccccn1)Cc1ccccc1OCC(N)=O. The molecule has 1 amide bonds. The van der Waals surface area contributed by atoms with Crippen molar-refractivity contribution in [2.75, 3.05) is 13.2 Å². The number of hydrogen-bond acceptors (Lipinski definition) is 5. The number of nitrogens with zero attached hydrogens (tertiary/aromatic N) is 2.